The number of fused-ring (bicyclic) bond motifs is 5. The van der Waals surface area contributed by atoms with E-state index < -0.39 is 5.41 Å². The van der Waals surface area contributed by atoms with Crippen LogP contribution in [0.2, 0.25) is 0 Å². The first kappa shape index (κ1) is 29.8. The summed E-state index contributed by atoms with van der Waals surface area (Å²) in [6, 6.07) is 72.7. The normalized spacial score (nSPS) is 13.6. The van der Waals surface area contributed by atoms with Crippen molar-refractivity contribution >= 4 is 38.6 Å². The highest BCUT2D eigenvalue weighted by Crippen LogP contribution is 2.57. The number of nitrogens with zero attached hydrogens (tertiary/aromatic N) is 1. The van der Waals surface area contributed by atoms with Crippen molar-refractivity contribution in [1.82, 2.24) is 0 Å². The van der Waals surface area contributed by atoms with Gasteiger partial charge in [-0.15, -0.1) is 0 Å². The molecule has 0 saturated heterocycles. The van der Waals surface area contributed by atoms with Gasteiger partial charge < -0.3 is 4.90 Å². The van der Waals surface area contributed by atoms with E-state index in [1.165, 1.54) is 5.56 Å². The van der Waals surface area contributed by atoms with E-state index in [4.69, 9.17) is 0 Å². The first-order valence-corrected chi connectivity index (χ1v) is 19.8. The van der Waals surface area contributed by atoms with Crippen LogP contribution >= 0.6 is 0 Å². The first-order chi connectivity index (χ1) is 30.4. The maximum atomic E-state index is 10.1. The van der Waals surface area contributed by atoms with Crippen LogP contribution in [0.25, 0.3) is 54.9 Å². The van der Waals surface area contributed by atoms with Gasteiger partial charge in [-0.05, 0) is 114 Å². The topological polar surface area (TPSA) is 3.24 Å². The van der Waals surface area contributed by atoms with Crippen molar-refractivity contribution in [2.75, 3.05) is 4.90 Å². The van der Waals surface area contributed by atoms with Crippen molar-refractivity contribution in [3.63, 3.8) is 0 Å². The predicted octanol–water partition coefficient (Wildman–Crippen LogP) is 15.2. The fourth-order valence-corrected chi connectivity index (χ4v) is 9.29. The molecule has 10 aromatic rings. The molecule has 272 valence electrons. The van der Waals surface area contributed by atoms with Gasteiger partial charge in [-0.25, -0.2) is 0 Å². The Bertz CT molecular complexity index is 3310. The monoisotopic (exact) mass is 741 g/mol. The Morgan fingerprint density at radius 2 is 0.897 bits per heavy atom. The molecular formula is C57H39N. The molecule has 10 aromatic carbocycles. The Morgan fingerprint density at radius 1 is 0.362 bits per heavy atom. The molecule has 58 heavy (non-hydrogen) atoms. The number of hydrogen-bond acceptors (Lipinski definition) is 1. The lowest BCUT2D eigenvalue weighted by atomic mass is 9.67. The third-order valence-electron chi connectivity index (χ3n) is 11.8. The minimum atomic E-state index is -0.686. The van der Waals surface area contributed by atoms with Crippen LogP contribution in [0.5, 0.6) is 0 Å². The molecule has 1 heteroatoms. The molecule has 0 N–H and O–H groups in total. The van der Waals surface area contributed by atoms with Gasteiger partial charge >= 0.3 is 0 Å². The predicted molar refractivity (Wildman–Crippen MR) is 244 cm³/mol. The van der Waals surface area contributed by atoms with E-state index in [9.17, 15) is 5.48 Å². The second-order valence-electron chi connectivity index (χ2n) is 14.9. The van der Waals surface area contributed by atoms with E-state index in [0.29, 0.717) is 11.1 Å². The number of hydrogen-bond donors (Lipinski definition) is 0. The summed E-state index contributed by atoms with van der Waals surface area (Å²) >= 11 is 0. The van der Waals surface area contributed by atoms with Crippen molar-refractivity contribution in [1.29, 1.82) is 0 Å². The van der Waals surface area contributed by atoms with Gasteiger partial charge in [-0.2, -0.15) is 0 Å². The van der Waals surface area contributed by atoms with Crippen molar-refractivity contribution < 1.29 is 5.48 Å². The average Bonchev–Trinajstić information content (AvgIpc) is 3.63. The van der Waals surface area contributed by atoms with Crippen molar-refractivity contribution in [3.05, 3.63) is 259 Å². The summed E-state index contributed by atoms with van der Waals surface area (Å²) < 4.78 is 38.5. The van der Waals surface area contributed by atoms with Crippen LogP contribution in [0.3, 0.4) is 0 Å². The van der Waals surface area contributed by atoms with Crippen molar-refractivity contribution in [2.24, 2.45) is 0 Å². The summed E-state index contributed by atoms with van der Waals surface area (Å²) in [4.78, 5) is 1.98. The minimum absolute atomic E-state index is 0.0177. The molecular weight excluding hydrogens is 699 g/mol. The summed E-state index contributed by atoms with van der Waals surface area (Å²) in [6.45, 7) is 0. The molecule has 1 aliphatic carbocycles. The molecule has 0 atom stereocenters. The summed E-state index contributed by atoms with van der Waals surface area (Å²) in [7, 11) is 0. The van der Waals surface area contributed by atoms with Crippen LogP contribution < -0.4 is 4.90 Å². The second kappa shape index (κ2) is 13.9. The molecule has 11 rings (SSSR count). The molecule has 0 unspecified atom stereocenters. The van der Waals surface area contributed by atoms with E-state index in [0.717, 1.165) is 71.9 Å². The van der Waals surface area contributed by atoms with Gasteiger partial charge in [-0.1, -0.05) is 200 Å². The Morgan fingerprint density at radius 3 is 1.60 bits per heavy atom. The van der Waals surface area contributed by atoms with Crippen molar-refractivity contribution in [2.45, 2.75) is 5.41 Å². The SMILES string of the molecule is [2H]c1c([2H])c(-c2cccc3ccccc23)c([2H])c(N(c2cccc(-c3cccc4ccccc34)c2)c2ccc3c(c2)C(c2ccccc2)(c2ccccc2)c2ccccc2-3)c1[2H]. The molecule has 0 amide bonds. The van der Waals surface area contributed by atoms with Gasteiger partial charge in [0.15, 0.2) is 0 Å². The van der Waals surface area contributed by atoms with E-state index in [-0.39, 0.29) is 29.9 Å². The quantitative estimate of drug-likeness (QED) is 0.157. The Hall–Kier alpha value is -7.48. The summed E-state index contributed by atoms with van der Waals surface area (Å²) in [5.41, 5.74) is 10.9. The molecule has 0 radical (unpaired) electrons. The van der Waals surface area contributed by atoms with Crippen LogP contribution in [0, 0.1) is 0 Å². The van der Waals surface area contributed by atoms with Gasteiger partial charge in [0, 0.05) is 17.1 Å². The van der Waals surface area contributed by atoms with E-state index >= 15 is 0 Å². The molecule has 0 saturated carbocycles. The van der Waals surface area contributed by atoms with Gasteiger partial charge in [0.25, 0.3) is 0 Å². The highest BCUT2D eigenvalue weighted by Gasteiger charge is 2.46. The zero-order valence-electron chi connectivity index (χ0n) is 35.7. The summed E-state index contributed by atoms with van der Waals surface area (Å²) in [5.74, 6) is 0. The van der Waals surface area contributed by atoms with Crippen LogP contribution in [0.1, 0.15) is 27.7 Å². The highest BCUT2D eigenvalue weighted by molar-refractivity contribution is 5.99. The van der Waals surface area contributed by atoms with E-state index in [2.05, 4.69) is 158 Å². The molecule has 0 fully saturated rings. The number of benzene rings is 10. The second-order valence-corrected chi connectivity index (χ2v) is 14.9. The summed E-state index contributed by atoms with van der Waals surface area (Å²) in [5, 5.41) is 4.12. The van der Waals surface area contributed by atoms with Crippen LogP contribution in [0.15, 0.2) is 236 Å². The molecule has 1 nitrogen and oxygen atoms in total. The summed E-state index contributed by atoms with van der Waals surface area (Å²) in [6.07, 6.45) is 0. The maximum absolute atomic E-state index is 10.1. The molecule has 0 spiro atoms. The maximum Gasteiger partial charge on any atom is 0.0714 e. The molecule has 0 aliphatic heterocycles. The number of rotatable bonds is 7. The Balaban J connectivity index is 1.23. The molecule has 0 aromatic heterocycles. The van der Waals surface area contributed by atoms with Gasteiger partial charge in [-0.3, -0.25) is 0 Å². The Kier molecular flexibility index (Phi) is 7.14. The average molecular weight is 742 g/mol. The molecule has 0 heterocycles. The van der Waals surface area contributed by atoms with Crippen LogP contribution in [-0.2, 0) is 5.41 Å². The van der Waals surface area contributed by atoms with E-state index in [1.54, 1.807) is 0 Å². The molecule has 0 bridgehead atoms. The van der Waals surface area contributed by atoms with Crippen molar-refractivity contribution in [3.8, 4) is 33.4 Å². The standard InChI is InChI=1S/C57H39N/c1-3-23-44(24-4-1)57(45-25-5-2-6-26-45)55-34-12-11-31-53(55)54-36-35-48(39-56(54)57)58(46-27-13-21-42(37-46)51-32-15-19-40-17-7-9-29-49(40)51)47-28-14-22-43(38-47)52-33-16-20-41-18-8-10-30-50(41)52/h1-39H/i13D,21D,27D,37D. The van der Waals surface area contributed by atoms with Gasteiger partial charge in [0.05, 0.1) is 10.9 Å². The lowest BCUT2D eigenvalue weighted by Crippen LogP contribution is -2.28. The minimum Gasteiger partial charge on any atom is -0.310 e. The Labute approximate surface area is 345 Å². The van der Waals surface area contributed by atoms with Crippen LogP contribution in [-0.4, -0.2) is 0 Å². The lowest BCUT2D eigenvalue weighted by molar-refractivity contribution is 0.768. The van der Waals surface area contributed by atoms with Crippen LogP contribution in [0.4, 0.5) is 17.1 Å². The van der Waals surface area contributed by atoms with E-state index in [1.807, 2.05) is 59.5 Å². The fourth-order valence-electron chi connectivity index (χ4n) is 9.29. The largest absolute Gasteiger partial charge is 0.310 e. The smallest absolute Gasteiger partial charge is 0.0714 e. The number of anilines is 3. The highest BCUT2D eigenvalue weighted by atomic mass is 15.1. The third kappa shape index (κ3) is 5.39. The molecule has 1 aliphatic rings. The van der Waals surface area contributed by atoms with Gasteiger partial charge in [0.1, 0.15) is 0 Å². The zero-order valence-corrected chi connectivity index (χ0v) is 31.7. The third-order valence-corrected chi connectivity index (χ3v) is 11.8. The fraction of sp³-hybridized carbons (Fsp3) is 0.0175. The zero-order chi connectivity index (χ0) is 42.0. The van der Waals surface area contributed by atoms with Gasteiger partial charge in [0.2, 0.25) is 0 Å². The first-order valence-electron chi connectivity index (χ1n) is 21.8. The lowest BCUT2D eigenvalue weighted by Gasteiger charge is -2.35.